The van der Waals surface area contributed by atoms with Gasteiger partial charge in [0.2, 0.25) is 0 Å². The predicted octanol–water partition coefficient (Wildman–Crippen LogP) is 3.31. The Labute approximate surface area is 82.2 Å². The lowest BCUT2D eigenvalue weighted by Crippen LogP contribution is -2.06. The first kappa shape index (κ1) is 11.1. The molecular weight excluding hydrogens is 224 g/mol. The zero-order valence-electron chi connectivity index (χ0n) is 6.74. The smallest absolute Gasteiger partial charge is 0.387 e. The number of halogens is 5. The van der Waals surface area contributed by atoms with E-state index in [1.807, 2.05) is 0 Å². The van der Waals surface area contributed by atoms with Gasteiger partial charge in [-0.2, -0.15) is 8.78 Å². The van der Waals surface area contributed by atoms with Gasteiger partial charge in [0.15, 0.2) is 17.4 Å². The minimum Gasteiger partial charge on any atom is -0.429 e. The lowest BCUT2D eigenvalue weighted by molar-refractivity contribution is -0.0546. The molecule has 0 atom stereocenters. The maximum absolute atomic E-state index is 12.9. The number of hydrogen-bond acceptors (Lipinski definition) is 1. The molecule has 6 heteroatoms. The van der Waals surface area contributed by atoms with Crippen LogP contribution in [0, 0.1) is 11.6 Å². The van der Waals surface area contributed by atoms with Crippen LogP contribution in [0.1, 0.15) is 5.56 Å². The summed E-state index contributed by atoms with van der Waals surface area (Å²) >= 11 is 5.31. The lowest BCUT2D eigenvalue weighted by Gasteiger charge is -2.07. The van der Waals surface area contributed by atoms with E-state index >= 15 is 0 Å². The van der Waals surface area contributed by atoms with Crippen molar-refractivity contribution >= 4 is 11.6 Å². The fourth-order valence-corrected chi connectivity index (χ4v) is 1.05. The monoisotopic (exact) mass is 228 g/mol. The van der Waals surface area contributed by atoms with Crippen molar-refractivity contribution in [2.24, 2.45) is 0 Å². The first-order valence-electron chi connectivity index (χ1n) is 3.53. The Hall–Kier alpha value is -0.970. The van der Waals surface area contributed by atoms with E-state index in [9.17, 15) is 17.6 Å². The number of benzene rings is 1. The number of hydrogen-bond donors (Lipinski definition) is 0. The Morgan fingerprint density at radius 1 is 1.21 bits per heavy atom. The molecule has 1 aromatic rings. The van der Waals surface area contributed by atoms with Gasteiger partial charge in [-0.25, -0.2) is 8.78 Å². The molecule has 0 fully saturated rings. The van der Waals surface area contributed by atoms with E-state index in [-0.39, 0.29) is 11.4 Å². The van der Waals surface area contributed by atoms with Gasteiger partial charge in [-0.05, 0) is 17.7 Å². The first-order chi connectivity index (χ1) is 6.54. The van der Waals surface area contributed by atoms with Crippen molar-refractivity contribution in [2.75, 3.05) is 0 Å². The summed E-state index contributed by atoms with van der Waals surface area (Å²) in [7, 11) is 0. The highest BCUT2D eigenvalue weighted by Gasteiger charge is 2.16. The highest BCUT2D eigenvalue weighted by molar-refractivity contribution is 6.17. The van der Waals surface area contributed by atoms with Gasteiger partial charge >= 0.3 is 6.61 Å². The third-order valence-electron chi connectivity index (χ3n) is 1.42. The molecule has 0 radical (unpaired) electrons. The van der Waals surface area contributed by atoms with Crippen LogP contribution in [0.15, 0.2) is 12.1 Å². The third-order valence-corrected chi connectivity index (χ3v) is 1.73. The number of rotatable bonds is 3. The fraction of sp³-hybridized carbons (Fsp3) is 0.250. The van der Waals surface area contributed by atoms with Crippen LogP contribution in [-0.2, 0) is 5.88 Å². The van der Waals surface area contributed by atoms with E-state index in [1.165, 1.54) is 0 Å². The first-order valence-corrected chi connectivity index (χ1v) is 4.06. The molecule has 0 unspecified atom stereocenters. The summed E-state index contributed by atoms with van der Waals surface area (Å²) in [5.74, 6) is -3.58. The Balaban J connectivity index is 3.05. The van der Waals surface area contributed by atoms with Crippen molar-refractivity contribution in [1.29, 1.82) is 0 Å². The third kappa shape index (κ3) is 2.51. The van der Waals surface area contributed by atoms with Gasteiger partial charge in [-0.3, -0.25) is 0 Å². The normalized spacial score (nSPS) is 10.7. The van der Waals surface area contributed by atoms with E-state index in [0.717, 1.165) is 12.1 Å². The second-order valence-electron chi connectivity index (χ2n) is 2.40. The fourth-order valence-electron chi connectivity index (χ4n) is 0.891. The van der Waals surface area contributed by atoms with Gasteiger partial charge in [-0.15, -0.1) is 11.6 Å². The second-order valence-corrected chi connectivity index (χ2v) is 2.67. The van der Waals surface area contributed by atoms with E-state index in [4.69, 9.17) is 11.6 Å². The molecule has 78 valence electrons. The van der Waals surface area contributed by atoms with Gasteiger partial charge in [0.25, 0.3) is 0 Å². The van der Waals surface area contributed by atoms with Crippen molar-refractivity contribution in [3.05, 3.63) is 29.3 Å². The molecule has 0 aliphatic heterocycles. The summed E-state index contributed by atoms with van der Waals surface area (Å²) in [6.07, 6.45) is 0. The second kappa shape index (κ2) is 4.50. The highest BCUT2D eigenvalue weighted by atomic mass is 35.5. The summed E-state index contributed by atoms with van der Waals surface area (Å²) in [6.45, 7) is -3.26. The minimum absolute atomic E-state index is 0.108. The molecule has 0 spiro atoms. The average molecular weight is 229 g/mol. The van der Waals surface area contributed by atoms with Crippen LogP contribution in [-0.4, -0.2) is 6.61 Å². The molecule has 0 heterocycles. The minimum atomic E-state index is -3.26. The van der Waals surface area contributed by atoms with Crippen LogP contribution in [0.5, 0.6) is 5.75 Å². The maximum atomic E-state index is 12.9. The summed E-state index contributed by atoms with van der Waals surface area (Å²) in [5, 5.41) is 0. The standard InChI is InChI=1S/C8H5ClF4O/c9-3-4-1-5(10)7(6(11)2-4)14-8(12)13/h1-2,8H,3H2. The zero-order chi connectivity index (χ0) is 10.7. The van der Waals surface area contributed by atoms with Crippen LogP contribution >= 0.6 is 11.6 Å². The average Bonchev–Trinajstić information content (AvgIpc) is 2.10. The Bertz CT molecular complexity index is 306. The zero-order valence-corrected chi connectivity index (χ0v) is 7.49. The largest absolute Gasteiger partial charge is 0.429 e. The molecule has 0 saturated heterocycles. The van der Waals surface area contributed by atoms with Crippen molar-refractivity contribution < 1.29 is 22.3 Å². The Morgan fingerprint density at radius 3 is 2.07 bits per heavy atom. The quantitative estimate of drug-likeness (QED) is 0.570. The Morgan fingerprint density at radius 2 is 1.71 bits per heavy atom. The maximum Gasteiger partial charge on any atom is 0.387 e. The van der Waals surface area contributed by atoms with Crippen molar-refractivity contribution in [2.45, 2.75) is 12.5 Å². The van der Waals surface area contributed by atoms with E-state index in [1.54, 1.807) is 0 Å². The summed E-state index contributed by atoms with van der Waals surface area (Å²) in [6, 6.07) is 1.68. The van der Waals surface area contributed by atoms with Gasteiger partial charge in [0.05, 0.1) is 0 Å². The van der Waals surface area contributed by atoms with E-state index < -0.39 is 24.0 Å². The van der Waals surface area contributed by atoms with Crippen LogP contribution < -0.4 is 4.74 Å². The van der Waals surface area contributed by atoms with Gasteiger partial charge < -0.3 is 4.74 Å². The predicted molar refractivity (Wildman–Crippen MR) is 42.5 cm³/mol. The molecule has 0 bridgehead atoms. The van der Waals surface area contributed by atoms with Gasteiger partial charge in [0, 0.05) is 5.88 Å². The molecule has 0 amide bonds. The molecule has 1 nitrogen and oxygen atoms in total. The Kier molecular flexibility index (Phi) is 3.57. The molecule has 0 aromatic heterocycles. The van der Waals surface area contributed by atoms with Crippen LogP contribution in [0.25, 0.3) is 0 Å². The van der Waals surface area contributed by atoms with Gasteiger partial charge in [-0.1, -0.05) is 0 Å². The summed E-state index contributed by atoms with van der Waals surface area (Å²) in [5.41, 5.74) is 0.156. The van der Waals surface area contributed by atoms with Crippen molar-refractivity contribution in [3.8, 4) is 5.75 Å². The molecule has 1 rings (SSSR count). The summed E-state index contributed by atoms with van der Waals surface area (Å²) in [4.78, 5) is 0. The lowest BCUT2D eigenvalue weighted by atomic mass is 10.2. The van der Waals surface area contributed by atoms with Gasteiger partial charge in [0.1, 0.15) is 0 Å². The molecule has 0 N–H and O–H groups in total. The SMILES string of the molecule is Fc1cc(CCl)cc(F)c1OC(F)F. The van der Waals surface area contributed by atoms with E-state index in [2.05, 4.69) is 4.74 Å². The van der Waals surface area contributed by atoms with Crippen molar-refractivity contribution in [3.63, 3.8) is 0 Å². The van der Waals surface area contributed by atoms with Crippen LogP contribution in [0.4, 0.5) is 17.6 Å². The molecular formula is C8H5ClF4O. The van der Waals surface area contributed by atoms with E-state index in [0.29, 0.717) is 0 Å². The highest BCUT2D eigenvalue weighted by Crippen LogP contribution is 2.25. The number of alkyl halides is 3. The number of ether oxygens (including phenoxy) is 1. The molecule has 0 aliphatic carbocycles. The molecule has 0 aliphatic rings. The van der Waals surface area contributed by atoms with Crippen molar-refractivity contribution in [1.82, 2.24) is 0 Å². The molecule has 14 heavy (non-hydrogen) atoms. The molecule has 1 aromatic carbocycles. The van der Waals surface area contributed by atoms with Crippen LogP contribution in [0.2, 0.25) is 0 Å². The topological polar surface area (TPSA) is 9.23 Å². The molecule has 0 saturated carbocycles. The van der Waals surface area contributed by atoms with Crippen LogP contribution in [0.3, 0.4) is 0 Å². The summed E-state index contributed by atoms with van der Waals surface area (Å²) < 4.78 is 52.8.